The van der Waals surface area contributed by atoms with Crippen molar-refractivity contribution < 1.29 is 4.74 Å². The van der Waals surface area contributed by atoms with Crippen molar-refractivity contribution in [2.24, 2.45) is 5.10 Å². The number of nitrogens with zero attached hydrogens (tertiary/aromatic N) is 1. The number of benzene rings is 3. The number of halogens is 5. The van der Waals surface area contributed by atoms with Crippen LogP contribution in [0.5, 0.6) is 5.75 Å². The summed E-state index contributed by atoms with van der Waals surface area (Å²) in [4.78, 5) is 0. The van der Waals surface area contributed by atoms with Crippen LogP contribution in [0.25, 0.3) is 0 Å². The lowest BCUT2D eigenvalue weighted by Crippen LogP contribution is -2.05. The van der Waals surface area contributed by atoms with E-state index >= 15 is 0 Å². The van der Waals surface area contributed by atoms with Gasteiger partial charge in [0.1, 0.15) is 12.4 Å². The fourth-order valence-corrected chi connectivity index (χ4v) is 5.16. The Morgan fingerprint density at radius 3 is 2.21 bits per heavy atom. The molecule has 0 fully saturated rings. The summed E-state index contributed by atoms with van der Waals surface area (Å²) in [5.41, 5.74) is 6.03. The van der Waals surface area contributed by atoms with Gasteiger partial charge in [0.2, 0.25) is 0 Å². The molecule has 0 unspecified atom stereocenters. The molecule has 150 valence electrons. The third-order valence-electron chi connectivity index (χ3n) is 3.91. The van der Waals surface area contributed by atoms with Crippen LogP contribution in [0, 0.1) is 7.14 Å². The van der Waals surface area contributed by atoms with Crippen LogP contribution >= 0.6 is 80.0 Å². The minimum absolute atomic E-state index is 0.373. The predicted octanol–water partition coefficient (Wildman–Crippen LogP) is 7.56. The maximum Gasteiger partial charge on any atom is 0.146 e. The number of ether oxygens (including phenoxy) is 1. The molecule has 0 saturated carbocycles. The van der Waals surface area contributed by atoms with Crippen LogP contribution in [0.4, 0.5) is 0 Å². The summed E-state index contributed by atoms with van der Waals surface area (Å²) in [6.07, 6.45) is 1.79. The number of hydrazone groups is 1. The van der Waals surface area contributed by atoms with Gasteiger partial charge >= 0.3 is 0 Å². The van der Waals surface area contributed by atoms with Gasteiger partial charge < -0.3 is 10.2 Å². The number of rotatable bonds is 7. The first-order chi connectivity index (χ1) is 13.9. The van der Waals surface area contributed by atoms with Crippen LogP contribution in [0.2, 0.25) is 15.1 Å². The van der Waals surface area contributed by atoms with Gasteiger partial charge in [-0.25, -0.2) is 0 Å². The van der Waals surface area contributed by atoms with E-state index in [0.29, 0.717) is 23.2 Å². The molecular formula is C21H15Cl3I2N2O. The van der Waals surface area contributed by atoms with Gasteiger partial charge in [-0.15, -0.1) is 0 Å². The highest BCUT2D eigenvalue weighted by atomic mass is 127. The lowest BCUT2D eigenvalue weighted by atomic mass is 10.2. The van der Waals surface area contributed by atoms with Gasteiger partial charge in [-0.1, -0.05) is 53.0 Å². The van der Waals surface area contributed by atoms with Crippen molar-refractivity contribution in [3.63, 3.8) is 0 Å². The molecule has 0 amide bonds. The monoisotopic (exact) mass is 670 g/mol. The first-order valence-electron chi connectivity index (χ1n) is 8.48. The lowest BCUT2D eigenvalue weighted by Gasteiger charge is -2.12. The van der Waals surface area contributed by atoms with Crippen LogP contribution in [0.1, 0.15) is 16.7 Å². The molecule has 0 spiro atoms. The van der Waals surface area contributed by atoms with Crippen molar-refractivity contribution in [3.05, 3.63) is 93.5 Å². The first-order valence-corrected chi connectivity index (χ1v) is 11.8. The number of hydrogen-bond donors (Lipinski definition) is 1. The van der Waals surface area contributed by atoms with Gasteiger partial charge in [0.05, 0.1) is 19.9 Å². The third-order valence-corrected chi connectivity index (χ3v) is 6.35. The summed E-state index contributed by atoms with van der Waals surface area (Å²) in [6.45, 7) is 1.00. The van der Waals surface area contributed by atoms with Crippen molar-refractivity contribution in [2.75, 3.05) is 0 Å². The summed E-state index contributed by atoms with van der Waals surface area (Å²) in [5.74, 6) is 0.823. The molecule has 29 heavy (non-hydrogen) atoms. The van der Waals surface area contributed by atoms with Gasteiger partial charge in [-0.2, -0.15) is 5.10 Å². The van der Waals surface area contributed by atoms with Crippen molar-refractivity contribution in [3.8, 4) is 5.75 Å². The van der Waals surface area contributed by atoms with Gasteiger partial charge in [0.25, 0.3) is 0 Å². The predicted molar refractivity (Wildman–Crippen MR) is 139 cm³/mol. The Balaban J connectivity index is 1.61. The van der Waals surface area contributed by atoms with Crippen LogP contribution in [-0.2, 0) is 13.2 Å². The quantitative estimate of drug-likeness (QED) is 0.160. The topological polar surface area (TPSA) is 33.6 Å². The molecule has 0 aromatic heterocycles. The molecule has 0 aliphatic rings. The Kier molecular flexibility index (Phi) is 8.73. The maximum atomic E-state index is 6.22. The number of hydrogen-bond acceptors (Lipinski definition) is 3. The molecule has 3 rings (SSSR count). The van der Waals surface area contributed by atoms with E-state index in [2.05, 4.69) is 55.7 Å². The van der Waals surface area contributed by atoms with Crippen LogP contribution in [0.15, 0.2) is 59.7 Å². The molecule has 3 aromatic carbocycles. The Morgan fingerprint density at radius 1 is 0.897 bits per heavy atom. The fourth-order valence-electron chi connectivity index (χ4n) is 2.44. The molecule has 3 aromatic rings. The first kappa shape index (κ1) is 22.9. The van der Waals surface area contributed by atoms with Crippen LogP contribution in [0.3, 0.4) is 0 Å². The second-order valence-corrected chi connectivity index (χ2v) is 9.66. The second kappa shape index (κ2) is 11.0. The smallest absolute Gasteiger partial charge is 0.146 e. The van der Waals surface area contributed by atoms with Crippen molar-refractivity contribution in [1.82, 2.24) is 5.43 Å². The zero-order valence-corrected chi connectivity index (χ0v) is 21.5. The summed E-state index contributed by atoms with van der Waals surface area (Å²) in [6, 6.07) is 17.1. The molecular weight excluding hydrogens is 656 g/mol. The maximum absolute atomic E-state index is 6.22. The summed E-state index contributed by atoms with van der Waals surface area (Å²) >= 11 is 22.6. The van der Waals surface area contributed by atoms with E-state index in [0.717, 1.165) is 34.6 Å². The zero-order chi connectivity index (χ0) is 20.8. The molecule has 0 atom stereocenters. The van der Waals surface area contributed by atoms with E-state index in [9.17, 15) is 0 Å². The molecule has 0 aliphatic heterocycles. The largest absolute Gasteiger partial charge is 0.487 e. The normalized spacial score (nSPS) is 11.1. The van der Waals surface area contributed by atoms with E-state index in [4.69, 9.17) is 39.5 Å². The molecule has 8 heteroatoms. The summed E-state index contributed by atoms with van der Waals surface area (Å²) < 4.78 is 8.01. The second-order valence-electron chi connectivity index (χ2n) is 6.06. The highest BCUT2D eigenvalue weighted by Gasteiger charge is 2.10. The van der Waals surface area contributed by atoms with Gasteiger partial charge in [-0.3, -0.25) is 0 Å². The van der Waals surface area contributed by atoms with Crippen molar-refractivity contribution in [2.45, 2.75) is 13.2 Å². The molecule has 1 N–H and O–H groups in total. The highest BCUT2D eigenvalue weighted by Crippen LogP contribution is 2.30. The Bertz CT molecular complexity index is 1000. The molecule has 0 saturated heterocycles. The molecule has 0 bridgehead atoms. The van der Waals surface area contributed by atoms with E-state index in [1.54, 1.807) is 18.3 Å². The minimum atomic E-state index is 0.373. The lowest BCUT2D eigenvalue weighted by molar-refractivity contribution is 0.302. The summed E-state index contributed by atoms with van der Waals surface area (Å²) in [5, 5.41) is 6.23. The van der Waals surface area contributed by atoms with Gasteiger partial charge in [0, 0.05) is 20.6 Å². The Hall–Kier alpha value is -0.740. The fraction of sp³-hybridized carbons (Fsp3) is 0.0952. The Morgan fingerprint density at radius 2 is 1.55 bits per heavy atom. The SMILES string of the molecule is Clc1ccc(CN/N=C\c2cc(I)c(OCc3ccc(Cl)cc3Cl)c(I)c2)cc1. The molecule has 0 aliphatic carbocycles. The van der Waals surface area contributed by atoms with Crippen molar-refractivity contribution in [1.29, 1.82) is 0 Å². The van der Waals surface area contributed by atoms with E-state index < -0.39 is 0 Å². The van der Waals surface area contributed by atoms with E-state index in [1.807, 2.05) is 42.5 Å². The molecule has 0 radical (unpaired) electrons. The van der Waals surface area contributed by atoms with Crippen LogP contribution < -0.4 is 10.2 Å². The highest BCUT2D eigenvalue weighted by molar-refractivity contribution is 14.1. The Labute approximate surface area is 212 Å². The number of nitrogens with one attached hydrogen (secondary N) is 1. The average Bonchev–Trinajstić information content (AvgIpc) is 2.67. The zero-order valence-electron chi connectivity index (χ0n) is 14.9. The van der Waals surface area contributed by atoms with Crippen molar-refractivity contribution >= 4 is 86.2 Å². The van der Waals surface area contributed by atoms with E-state index in [-0.39, 0.29) is 0 Å². The molecule has 3 nitrogen and oxygen atoms in total. The minimum Gasteiger partial charge on any atom is -0.487 e. The van der Waals surface area contributed by atoms with E-state index in [1.165, 1.54) is 0 Å². The summed E-state index contributed by atoms with van der Waals surface area (Å²) in [7, 11) is 0. The van der Waals surface area contributed by atoms with Gasteiger partial charge in [0.15, 0.2) is 0 Å². The third kappa shape index (κ3) is 6.89. The van der Waals surface area contributed by atoms with Crippen LogP contribution in [-0.4, -0.2) is 6.21 Å². The standard InChI is InChI=1S/C21H15Cl3I2N2O/c22-16-4-1-13(2-5-16)10-27-28-11-14-7-19(25)21(20(26)8-14)29-12-15-3-6-17(23)9-18(15)24/h1-9,11,27H,10,12H2/b28-11-. The molecule has 0 heterocycles. The van der Waals surface area contributed by atoms with Gasteiger partial charge in [-0.05, 0) is 92.7 Å². The average molecular weight is 672 g/mol.